The molecule has 1 fully saturated rings. The minimum atomic E-state index is -0.135. The van der Waals surface area contributed by atoms with Crippen LogP contribution in [0.2, 0.25) is 0 Å². The van der Waals surface area contributed by atoms with E-state index >= 15 is 0 Å². The highest BCUT2D eigenvalue weighted by Gasteiger charge is 2.24. The smallest absolute Gasteiger partial charge is 0.266 e. The van der Waals surface area contributed by atoms with Crippen LogP contribution >= 0.6 is 0 Å². The monoisotopic (exact) mass is 354 g/mol. The Morgan fingerprint density at radius 2 is 1.73 bits per heavy atom. The van der Waals surface area contributed by atoms with Crippen molar-refractivity contribution in [2.45, 2.75) is 33.2 Å². The number of hydrogen-bond donors (Lipinski definition) is 0. The highest BCUT2D eigenvalue weighted by Crippen LogP contribution is 2.11. The van der Waals surface area contributed by atoms with Gasteiger partial charge in [0.05, 0.1) is 0 Å². The van der Waals surface area contributed by atoms with Gasteiger partial charge in [0.25, 0.3) is 5.91 Å². The van der Waals surface area contributed by atoms with Crippen LogP contribution in [0.3, 0.4) is 0 Å². The third-order valence-corrected chi connectivity index (χ3v) is 4.59. The first-order valence-corrected chi connectivity index (χ1v) is 9.59. The largest absolute Gasteiger partial charge is 0.376 e. The Bertz CT molecular complexity index is 621. The second-order valence-corrected chi connectivity index (χ2v) is 6.74. The lowest BCUT2D eigenvalue weighted by Gasteiger charge is -2.34. The van der Waals surface area contributed by atoms with E-state index in [2.05, 4.69) is 54.0 Å². The summed E-state index contributed by atoms with van der Waals surface area (Å²) in [6, 6.07) is 12.5. The zero-order chi connectivity index (χ0) is 18.8. The number of hydrogen-bond acceptors (Lipinski definition) is 4. The topological polar surface area (TPSA) is 50.6 Å². The second kappa shape index (κ2) is 10.6. The summed E-state index contributed by atoms with van der Waals surface area (Å²) < 4.78 is 0. The molecular formula is C21H30N4O. The number of nitrogens with zero attached hydrogens (tertiary/aromatic N) is 4. The van der Waals surface area contributed by atoms with E-state index in [1.54, 1.807) is 6.20 Å². The Morgan fingerprint density at radius 3 is 2.27 bits per heavy atom. The van der Waals surface area contributed by atoms with Crippen molar-refractivity contribution in [1.29, 1.82) is 5.26 Å². The number of piperazine rings is 1. The van der Waals surface area contributed by atoms with Crippen LogP contribution in [0.1, 0.15) is 32.3 Å². The molecule has 0 N–H and O–H groups in total. The lowest BCUT2D eigenvalue weighted by molar-refractivity contribution is -0.128. The first-order valence-electron chi connectivity index (χ1n) is 9.59. The average molecular weight is 354 g/mol. The number of carbonyl (C=O) groups excluding carboxylic acids is 1. The van der Waals surface area contributed by atoms with Gasteiger partial charge in [-0.25, -0.2) is 0 Å². The van der Waals surface area contributed by atoms with Crippen LogP contribution in [0.5, 0.6) is 0 Å². The molecule has 0 aromatic heterocycles. The molecule has 0 aliphatic carbocycles. The molecule has 26 heavy (non-hydrogen) atoms. The van der Waals surface area contributed by atoms with Gasteiger partial charge in [-0.3, -0.25) is 9.69 Å². The number of rotatable bonds is 8. The van der Waals surface area contributed by atoms with Crippen molar-refractivity contribution in [2.24, 2.45) is 0 Å². The summed E-state index contributed by atoms with van der Waals surface area (Å²) in [6.45, 7) is 9.89. The van der Waals surface area contributed by atoms with Gasteiger partial charge in [-0.1, -0.05) is 44.2 Å². The van der Waals surface area contributed by atoms with Crippen LogP contribution in [0, 0.1) is 11.3 Å². The van der Waals surface area contributed by atoms with Gasteiger partial charge < -0.3 is 9.80 Å². The zero-order valence-electron chi connectivity index (χ0n) is 16.0. The highest BCUT2D eigenvalue weighted by molar-refractivity contribution is 5.97. The third-order valence-electron chi connectivity index (χ3n) is 4.59. The number of benzene rings is 1. The van der Waals surface area contributed by atoms with E-state index in [0.29, 0.717) is 13.1 Å². The maximum Gasteiger partial charge on any atom is 0.266 e. The molecule has 0 atom stereocenters. The first kappa shape index (κ1) is 20.0. The molecule has 5 heteroatoms. The molecule has 1 aromatic carbocycles. The van der Waals surface area contributed by atoms with Crippen molar-refractivity contribution in [3.05, 3.63) is 47.7 Å². The predicted octanol–water partition coefficient (Wildman–Crippen LogP) is 2.86. The lowest BCUT2D eigenvalue weighted by Crippen LogP contribution is -2.48. The molecule has 2 rings (SSSR count). The van der Waals surface area contributed by atoms with Crippen LogP contribution < -0.4 is 0 Å². The molecule has 0 radical (unpaired) electrons. The fraction of sp³-hybridized carbons (Fsp3) is 0.524. The summed E-state index contributed by atoms with van der Waals surface area (Å²) in [5.74, 6) is -0.135. The molecule has 1 aliphatic heterocycles. The van der Waals surface area contributed by atoms with E-state index in [1.165, 1.54) is 5.56 Å². The molecule has 1 aliphatic rings. The number of carbonyl (C=O) groups is 1. The van der Waals surface area contributed by atoms with Crippen LogP contribution in [-0.2, 0) is 11.3 Å². The fourth-order valence-corrected chi connectivity index (χ4v) is 3.25. The molecule has 1 heterocycles. The minimum Gasteiger partial charge on any atom is -0.376 e. The van der Waals surface area contributed by atoms with Crippen LogP contribution in [0.25, 0.3) is 0 Å². The number of nitriles is 1. The Hall–Kier alpha value is -2.32. The van der Waals surface area contributed by atoms with Crippen LogP contribution in [-0.4, -0.2) is 59.9 Å². The van der Waals surface area contributed by atoms with Gasteiger partial charge in [-0.05, 0) is 18.4 Å². The maximum absolute atomic E-state index is 12.7. The summed E-state index contributed by atoms with van der Waals surface area (Å²) in [5, 5.41) is 9.46. The standard InChI is InChI=1S/C21H30N4O/c1-3-10-23(11-4-2)18-20(16-22)21(26)25-14-12-24(13-15-25)17-19-8-6-5-7-9-19/h5-9,18H,3-4,10-15,17H2,1-2H3/b20-18-. The van der Waals surface area contributed by atoms with E-state index < -0.39 is 0 Å². The van der Waals surface area contributed by atoms with E-state index in [0.717, 1.165) is 45.6 Å². The van der Waals surface area contributed by atoms with Gasteiger partial charge >= 0.3 is 0 Å². The molecule has 5 nitrogen and oxygen atoms in total. The molecule has 0 spiro atoms. The van der Waals surface area contributed by atoms with Crippen molar-refractivity contribution in [2.75, 3.05) is 39.3 Å². The quantitative estimate of drug-likeness (QED) is 0.532. The number of amides is 1. The van der Waals surface area contributed by atoms with Gasteiger partial charge in [0.2, 0.25) is 0 Å². The molecule has 1 amide bonds. The molecule has 1 aromatic rings. The Balaban J connectivity index is 1.92. The zero-order valence-corrected chi connectivity index (χ0v) is 16.0. The molecule has 140 valence electrons. The van der Waals surface area contributed by atoms with Gasteiger partial charge in [0, 0.05) is 52.0 Å². The summed E-state index contributed by atoms with van der Waals surface area (Å²) >= 11 is 0. The summed E-state index contributed by atoms with van der Waals surface area (Å²) in [4.78, 5) is 19.0. The maximum atomic E-state index is 12.7. The summed E-state index contributed by atoms with van der Waals surface area (Å²) in [5.41, 5.74) is 1.54. The summed E-state index contributed by atoms with van der Waals surface area (Å²) in [7, 11) is 0. The first-order chi connectivity index (χ1) is 12.7. The van der Waals surface area contributed by atoms with Crippen molar-refractivity contribution in [3.63, 3.8) is 0 Å². The van der Waals surface area contributed by atoms with Gasteiger partial charge in [0.15, 0.2) is 0 Å². The average Bonchev–Trinajstić information content (AvgIpc) is 2.67. The van der Waals surface area contributed by atoms with Crippen molar-refractivity contribution in [1.82, 2.24) is 14.7 Å². The molecule has 0 unspecified atom stereocenters. The van der Waals surface area contributed by atoms with Gasteiger partial charge in [-0.15, -0.1) is 0 Å². The van der Waals surface area contributed by atoms with Crippen LogP contribution in [0.4, 0.5) is 0 Å². The van der Waals surface area contributed by atoms with E-state index in [-0.39, 0.29) is 11.5 Å². The molecular weight excluding hydrogens is 324 g/mol. The normalized spacial score (nSPS) is 15.6. The fourth-order valence-electron chi connectivity index (χ4n) is 3.25. The minimum absolute atomic E-state index is 0.135. The van der Waals surface area contributed by atoms with Crippen molar-refractivity contribution in [3.8, 4) is 6.07 Å². The van der Waals surface area contributed by atoms with Gasteiger partial charge in [0.1, 0.15) is 11.6 Å². The lowest BCUT2D eigenvalue weighted by atomic mass is 10.2. The Morgan fingerprint density at radius 1 is 1.12 bits per heavy atom. The highest BCUT2D eigenvalue weighted by atomic mass is 16.2. The Labute approximate surface area is 157 Å². The van der Waals surface area contributed by atoms with E-state index in [4.69, 9.17) is 0 Å². The van der Waals surface area contributed by atoms with Crippen molar-refractivity contribution >= 4 is 5.91 Å². The molecule has 0 bridgehead atoms. The second-order valence-electron chi connectivity index (χ2n) is 6.74. The van der Waals surface area contributed by atoms with E-state index in [9.17, 15) is 10.1 Å². The van der Waals surface area contributed by atoms with E-state index in [1.807, 2.05) is 11.0 Å². The molecule has 1 saturated heterocycles. The van der Waals surface area contributed by atoms with Crippen molar-refractivity contribution < 1.29 is 4.79 Å². The Kier molecular flexibility index (Phi) is 8.17. The third kappa shape index (κ3) is 5.89. The van der Waals surface area contributed by atoms with Crippen LogP contribution in [0.15, 0.2) is 42.1 Å². The molecule has 0 saturated carbocycles. The van der Waals surface area contributed by atoms with Gasteiger partial charge in [-0.2, -0.15) is 5.26 Å². The summed E-state index contributed by atoms with van der Waals surface area (Å²) in [6.07, 6.45) is 3.76. The predicted molar refractivity (Wildman–Crippen MR) is 104 cm³/mol. The SMILES string of the molecule is CCCN(/C=C(/C#N)C(=O)N1CCN(Cc2ccccc2)CC1)CCC.